The maximum Gasteiger partial charge on any atom is 0.242 e. The van der Waals surface area contributed by atoms with Crippen molar-refractivity contribution < 1.29 is 18.0 Å². The van der Waals surface area contributed by atoms with E-state index in [9.17, 15) is 18.0 Å². The number of amides is 2. The normalized spacial score (nSPS) is 12.0. The average molecular weight is 570 g/mol. The molecule has 3 aromatic rings. The van der Waals surface area contributed by atoms with E-state index < -0.39 is 16.1 Å². The van der Waals surface area contributed by atoms with Gasteiger partial charge in [0.15, 0.2) is 0 Å². The zero-order chi connectivity index (χ0) is 28.6. The zero-order valence-corrected chi connectivity index (χ0v) is 24.4. The highest BCUT2D eigenvalue weighted by Crippen LogP contribution is 2.24. The van der Waals surface area contributed by atoms with E-state index in [1.165, 1.54) is 4.31 Å². The summed E-state index contributed by atoms with van der Waals surface area (Å²) in [6, 6.07) is 21.6. The Morgan fingerprint density at radius 3 is 2.15 bits per heavy atom. The highest BCUT2D eigenvalue weighted by atomic mass is 35.5. The molecule has 1 unspecified atom stereocenters. The topological polar surface area (TPSA) is 86.8 Å². The lowest BCUT2D eigenvalue weighted by atomic mass is 10.0. The molecule has 0 aliphatic heterocycles. The maximum atomic E-state index is 13.7. The van der Waals surface area contributed by atoms with Crippen LogP contribution in [-0.4, -0.2) is 51.0 Å². The standard InChI is InChI=1S/C30H36ClN3O4S/c1-22-17-23(2)19-26(18-22)34(39(4,37)38)16-10-15-29(35)33(21-25-13-8-9-14-27(25)31)28(30(36)32-3)20-24-11-6-5-7-12-24/h5-9,11-14,17-19,28H,10,15-16,20-21H2,1-4H3,(H,32,36). The number of likely N-dealkylation sites (N-methyl/N-ethyl adjacent to an activating group) is 1. The molecule has 0 fully saturated rings. The van der Waals surface area contributed by atoms with Crippen LogP contribution in [0, 0.1) is 13.8 Å². The van der Waals surface area contributed by atoms with Gasteiger partial charge in [0.25, 0.3) is 0 Å². The SMILES string of the molecule is CNC(=O)C(Cc1ccccc1)N(Cc1ccccc1Cl)C(=O)CCCN(c1cc(C)cc(C)c1)S(C)(=O)=O. The summed E-state index contributed by atoms with van der Waals surface area (Å²) in [6.45, 7) is 4.12. The lowest BCUT2D eigenvalue weighted by Gasteiger charge is -2.32. The van der Waals surface area contributed by atoms with Crippen molar-refractivity contribution in [1.29, 1.82) is 0 Å². The molecule has 208 valence electrons. The van der Waals surface area contributed by atoms with Crippen molar-refractivity contribution in [2.24, 2.45) is 0 Å². The van der Waals surface area contributed by atoms with Gasteiger partial charge in [0.1, 0.15) is 6.04 Å². The molecule has 1 atom stereocenters. The van der Waals surface area contributed by atoms with Crippen molar-refractivity contribution in [3.63, 3.8) is 0 Å². The van der Waals surface area contributed by atoms with Gasteiger partial charge in [-0.1, -0.05) is 66.2 Å². The highest BCUT2D eigenvalue weighted by Gasteiger charge is 2.30. The first kappa shape index (κ1) is 30.2. The Balaban J connectivity index is 1.87. The molecule has 3 aromatic carbocycles. The fourth-order valence-corrected chi connectivity index (χ4v) is 5.77. The molecule has 39 heavy (non-hydrogen) atoms. The number of anilines is 1. The van der Waals surface area contributed by atoms with Crippen LogP contribution in [0.25, 0.3) is 0 Å². The van der Waals surface area contributed by atoms with E-state index in [0.717, 1.165) is 28.5 Å². The number of rotatable bonds is 12. The zero-order valence-electron chi connectivity index (χ0n) is 22.9. The summed E-state index contributed by atoms with van der Waals surface area (Å²) >= 11 is 6.43. The molecule has 9 heteroatoms. The molecule has 3 rings (SSSR count). The molecule has 7 nitrogen and oxygen atoms in total. The summed E-state index contributed by atoms with van der Waals surface area (Å²) in [7, 11) is -2.02. The van der Waals surface area contributed by atoms with Crippen LogP contribution in [-0.2, 0) is 32.6 Å². The molecule has 0 aliphatic rings. The number of halogens is 1. The second kappa shape index (κ2) is 13.6. The molecule has 0 aromatic heterocycles. The lowest BCUT2D eigenvalue weighted by molar-refractivity contribution is -0.141. The van der Waals surface area contributed by atoms with Crippen molar-refractivity contribution >= 4 is 39.1 Å². The van der Waals surface area contributed by atoms with Gasteiger partial charge in [0.2, 0.25) is 21.8 Å². The van der Waals surface area contributed by atoms with E-state index in [2.05, 4.69) is 5.32 Å². The Bertz CT molecular complexity index is 1380. The van der Waals surface area contributed by atoms with Crippen LogP contribution in [0.2, 0.25) is 5.02 Å². The van der Waals surface area contributed by atoms with E-state index >= 15 is 0 Å². The smallest absolute Gasteiger partial charge is 0.242 e. The van der Waals surface area contributed by atoms with Crippen LogP contribution >= 0.6 is 11.6 Å². The monoisotopic (exact) mass is 569 g/mol. The van der Waals surface area contributed by atoms with Crippen molar-refractivity contribution in [3.8, 4) is 0 Å². The predicted molar refractivity (Wildman–Crippen MR) is 157 cm³/mol. The third kappa shape index (κ3) is 8.57. The van der Waals surface area contributed by atoms with Crippen molar-refractivity contribution in [3.05, 3.63) is 100 Å². The average Bonchev–Trinajstić information content (AvgIpc) is 2.88. The number of carbonyl (C=O) groups excluding carboxylic acids is 2. The van der Waals surface area contributed by atoms with Crippen LogP contribution in [0.5, 0.6) is 0 Å². The first-order valence-electron chi connectivity index (χ1n) is 12.8. The number of nitrogens with zero attached hydrogens (tertiary/aromatic N) is 2. The fraction of sp³-hybridized carbons (Fsp3) is 0.333. The van der Waals surface area contributed by atoms with Gasteiger partial charge in [0.05, 0.1) is 11.9 Å². The van der Waals surface area contributed by atoms with Gasteiger partial charge < -0.3 is 10.2 Å². The number of nitrogens with one attached hydrogen (secondary N) is 1. The summed E-state index contributed by atoms with van der Waals surface area (Å²) < 4.78 is 26.6. The second-order valence-corrected chi connectivity index (χ2v) is 12.0. The highest BCUT2D eigenvalue weighted by molar-refractivity contribution is 7.92. The second-order valence-electron chi connectivity index (χ2n) is 9.72. The molecule has 0 saturated heterocycles. The largest absolute Gasteiger partial charge is 0.357 e. The molecular formula is C30H36ClN3O4S. The molecule has 1 N–H and O–H groups in total. The maximum absolute atomic E-state index is 13.7. The van der Waals surface area contributed by atoms with E-state index in [1.54, 1.807) is 18.0 Å². The summed E-state index contributed by atoms with van der Waals surface area (Å²) in [6.07, 6.45) is 1.83. The van der Waals surface area contributed by atoms with E-state index in [4.69, 9.17) is 11.6 Å². The molecule has 0 heterocycles. The van der Waals surface area contributed by atoms with Gasteiger partial charge in [-0.05, 0) is 60.7 Å². The number of aryl methyl sites for hydroxylation is 2. The minimum absolute atomic E-state index is 0.0591. The Morgan fingerprint density at radius 1 is 0.949 bits per heavy atom. The predicted octanol–water partition coefficient (Wildman–Crippen LogP) is 4.89. The molecule has 0 aliphatic carbocycles. The third-order valence-corrected chi connectivity index (χ3v) is 8.03. The first-order valence-corrected chi connectivity index (χ1v) is 15.1. The minimum atomic E-state index is -3.57. The van der Waals surface area contributed by atoms with Gasteiger partial charge in [-0.15, -0.1) is 0 Å². The summed E-state index contributed by atoms with van der Waals surface area (Å²) in [5.41, 5.74) is 4.12. The van der Waals surface area contributed by atoms with E-state index in [1.807, 2.05) is 80.6 Å². The Kier molecular flexibility index (Phi) is 10.5. The molecule has 0 radical (unpaired) electrons. The van der Waals surface area contributed by atoms with Crippen molar-refractivity contribution in [2.45, 2.75) is 45.7 Å². The molecule has 2 amide bonds. The van der Waals surface area contributed by atoms with Crippen LogP contribution in [0.15, 0.2) is 72.8 Å². The molecule has 0 spiro atoms. The number of sulfonamides is 1. The molecule has 0 saturated carbocycles. The van der Waals surface area contributed by atoms with Crippen LogP contribution in [0.4, 0.5) is 5.69 Å². The van der Waals surface area contributed by atoms with Gasteiger partial charge in [-0.2, -0.15) is 0 Å². The van der Waals surface area contributed by atoms with Crippen molar-refractivity contribution in [2.75, 3.05) is 24.2 Å². The summed E-state index contributed by atoms with van der Waals surface area (Å²) in [5.74, 6) is -0.541. The quantitative estimate of drug-likeness (QED) is 0.336. The molecular weight excluding hydrogens is 534 g/mol. The summed E-state index contributed by atoms with van der Waals surface area (Å²) in [5, 5.41) is 3.20. The van der Waals surface area contributed by atoms with Gasteiger partial charge in [-0.25, -0.2) is 8.42 Å². The van der Waals surface area contributed by atoms with Crippen LogP contribution < -0.4 is 9.62 Å². The lowest BCUT2D eigenvalue weighted by Crippen LogP contribution is -2.49. The number of carbonyl (C=O) groups is 2. The van der Waals surface area contributed by atoms with E-state index in [-0.39, 0.29) is 37.7 Å². The van der Waals surface area contributed by atoms with Crippen LogP contribution in [0.3, 0.4) is 0 Å². The Labute approximate surface area is 236 Å². The van der Waals surface area contributed by atoms with Gasteiger partial charge in [0, 0.05) is 38.0 Å². The third-order valence-electron chi connectivity index (χ3n) is 6.46. The van der Waals surface area contributed by atoms with Gasteiger partial charge >= 0.3 is 0 Å². The van der Waals surface area contributed by atoms with Crippen LogP contribution in [0.1, 0.15) is 35.1 Å². The minimum Gasteiger partial charge on any atom is -0.357 e. The van der Waals surface area contributed by atoms with Gasteiger partial charge in [-0.3, -0.25) is 13.9 Å². The van der Waals surface area contributed by atoms with Crippen molar-refractivity contribution in [1.82, 2.24) is 10.2 Å². The Morgan fingerprint density at radius 2 is 1.56 bits per heavy atom. The number of benzene rings is 3. The molecule has 0 bridgehead atoms. The Hall–Kier alpha value is -3.36. The number of hydrogen-bond donors (Lipinski definition) is 1. The number of hydrogen-bond acceptors (Lipinski definition) is 4. The summed E-state index contributed by atoms with van der Waals surface area (Å²) in [4.78, 5) is 28.3. The fourth-order valence-electron chi connectivity index (χ4n) is 4.63. The van der Waals surface area contributed by atoms with E-state index in [0.29, 0.717) is 17.1 Å². The first-order chi connectivity index (χ1) is 18.5.